The molecule has 0 saturated carbocycles. The fraction of sp³-hybridized carbons (Fsp3) is 0.286. The minimum absolute atomic E-state index is 0.191. The Morgan fingerprint density at radius 3 is 2.52 bits per heavy atom. The summed E-state index contributed by atoms with van der Waals surface area (Å²) in [5, 5.41) is 7.11. The standard InChI is InChI=1S/C21H23N3O5/c1-14-4-7-17(29-14)10-11-22-19(25)13-24-20(26)12-18(28-3)21(23-24)15-5-8-16(27-2)9-6-15/h4-9,12H,10-11,13H2,1-3H3,(H,22,25). The molecule has 0 aliphatic rings. The van der Waals surface area contributed by atoms with Crippen molar-refractivity contribution >= 4 is 5.91 Å². The number of carbonyl (C=O) groups is 1. The highest BCUT2D eigenvalue weighted by atomic mass is 16.5. The van der Waals surface area contributed by atoms with Crippen molar-refractivity contribution in [3.63, 3.8) is 0 Å². The van der Waals surface area contributed by atoms with Crippen LogP contribution in [0.15, 0.2) is 51.7 Å². The average Bonchev–Trinajstić information content (AvgIpc) is 3.14. The molecule has 0 bridgehead atoms. The SMILES string of the molecule is COc1ccc(-c2nn(CC(=O)NCCc3ccc(C)o3)c(=O)cc2OC)cc1. The second kappa shape index (κ2) is 9.09. The molecule has 3 rings (SSSR count). The quantitative estimate of drug-likeness (QED) is 0.626. The molecule has 29 heavy (non-hydrogen) atoms. The monoisotopic (exact) mass is 397 g/mol. The maximum atomic E-state index is 12.3. The van der Waals surface area contributed by atoms with Crippen LogP contribution in [0.3, 0.4) is 0 Å². The van der Waals surface area contributed by atoms with E-state index in [1.165, 1.54) is 13.2 Å². The van der Waals surface area contributed by atoms with Crippen LogP contribution in [0.1, 0.15) is 11.5 Å². The van der Waals surface area contributed by atoms with E-state index < -0.39 is 5.56 Å². The summed E-state index contributed by atoms with van der Waals surface area (Å²) in [7, 11) is 3.05. The Labute approximate surface area is 168 Å². The van der Waals surface area contributed by atoms with Crippen LogP contribution in [0.5, 0.6) is 11.5 Å². The van der Waals surface area contributed by atoms with Crippen molar-refractivity contribution in [2.24, 2.45) is 0 Å². The van der Waals surface area contributed by atoms with Crippen LogP contribution in [0, 0.1) is 6.92 Å². The second-order valence-corrected chi connectivity index (χ2v) is 6.40. The summed E-state index contributed by atoms with van der Waals surface area (Å²) in [6.45, 7) is 2.08. The lowest BCUT2D eigenvalue weighted by Gasteiger charge is -2.12. The maximum absolute atomic E-state index is 12.3. The third-order valence-electron chi connectivity index (χ3n) is 4.33. The Kier molecular flexibility index (Phi) is 6.33. The number of ether oxygens (including phenoxy) is 2. The number of aryl methyl sites for hydroxylation is 1. The number of furan rings is 1. The van der Waals surface area contributed by atoms with Gasteiger partial charge in [0.2, 0.25) is 5.91 Å². The van der Waals surface area contributed by atoms with Gasteiger partial charge in [-0.1, -0.05) is 0 Å². The summed E-state index contributed by atoms with van der Waals surface area (Å²) in [6.07, 6.45) is 0.571. The fourth-order valence-electron chi connectivity index (χ4n) is 2.83. The zero-order valence-corrected chi connectivity index (χ0v) is 16.6. The van der Waals surface area contributed by atoms with Crippen LogP contribution in [0.4, 0.5) is 0 Å². The lowest BCUT2D eigenvalue weighted by molar-refractivity contribution is -0.121. The summed E-state index contributed by atoms with van der Waals surface area (Å²) >= 11 is 0. The Hall–Kier alpha value is -3.55. The summed E-state index contributed by atoms with van der Waals surface area (Å²) in [5.74, 6) is 2.35. The molecule has 8 heteroatoms. The van der Waals surface area contributed by atoms with E-state index in [-0.39, 0.29) is 12.5 Å². The van der Waals surface area contributed by atoms with Crippen LogP contribution in [-0.2, 0) is 17.8 Å². The molecule has 0 spiro atoms. The van der Waals surface area contributed by atoms with Gasteiger partial charge in [-0.15, -0.1) is 0 Å². The number of nitrogens with one attached hydrogen (secondary N) is 1. The molecule has 1 amide bonds. The first-order valence-electron chi connectivity index (χ1n) is 9.12. The first kappa shape index (κ1) is 20.2. The van der Waals surface area contributed by atoms with Crippen LogP contribution >= 0.6 is 0 Å². The van der Waals surface area contributed by atoms with Crippen LogP contribution in [0.25, 0.3) is 11.3 Å². The van der Waals surface area contributed by atoms with Gasteiger partial charge in [0.15, 0.2) is 5.75 Å². The zero-order chi connectivity index (χ0) is 20.8. The van der Waals surface area contributed by atoms with Gasteiger partial charge in [0, 0.05) is 24.6 Å². The predicted octanol–water partition coefficient (Wildman–Crippen LogP) is 2.19. The summed E-state index contributed by atoms with van der Waals surface area (Å²) in [4.78, 5) is 24.6. The Bertz CT molecular complexity index is 1040. The number of carbonyl (C=O) groups excluding carboxylic acids is 1. The molecule has 0 fully saturated rings. The molecular formula is C21H23N3O5. The number of amides is 1. The number of hydrogen-bond acceptors (Lipinski definition) is 6. The van der Waals surface area contributed by atoms with Crippen LogP contribution < -0.4 is 20.3 Å². The van der Waals surface area contributed by atoms with Crippen LogP contribution in [0.2, 0.25) is 0 Å². The first-order valence-corrected chi connectivity index (χ1v) is 9.12. The van der Waals surface area contributed by atoms with Gasteiger partial charge in [0.25, 0.3) is 5.56 Å². The molecule has 1 aromatic carbocycles. The predicted molar refractivity (Wildman–Crippen MR) is 107 cm³/mol. The maximum Gasteiger partial charge on any atom is 0.270 e. The van der Waals surface area contributed by atoms with Crippen molar-refractivity contribution in [2.45, 2.75) is 19.9 Å². The van der Waals surface area contributed by atoms with Gasteiger partial charge in [-0.2, -0.15) is 5.10 Å². The molecule has 0 saturated heterocycles. The van der Waals surface area contributed by atoms with Gasteiger partial charge < -0.3 is 19.2 Å². The highest BCUT2D eigenvalue weighted by molar-refractivity contribution is 5.75. The highest BCUT2D eigenvalue weighted by Gasteiger charge is 2.14. The number of methoxy groups -OCH3 is 2. The molecule has 0 aliphatic carbocycles. The van der Waals surface area contributed by atoms with E-state index in [2.05, 4.69) is 10.4 Å². The molecule has 2 aromatic heterocycles. The molecule has 0 atom stereocenters. The molecule has 2 heterocycles. The number of hydrogen-bond donors (Lipinski definition) is 1. The van der Waals surface area contributed by atoms with Gasteiger partial charge in [0.05, 0.1) is 14.2 Å². The fourth-order valence-corrected chi connectivity index (χ4v) is 2.83. The molecule has 1 N–H and O–H groups in total. The van der Waals surface area contributed by atoms with E-state index in [1.807, 2.05) is 31.2 Å². The van der Waals surface area contributed by atoms with E-state index in [0.717, 1.165) is 21.8 Å². The third-order valence-corrected chi connectivity index (χ3v) is 4.33. The first-order chi connectivity index (χ1) is 14.0. The normalized spacial score (nSPS) is 10.6. The van der Waals surface area contributed by atoms with Crippen molar-refractivity contribution in [2.75, 3.05) is 20.8 Å². The molecule has 3 aromatic rings. The smallest absolute Gasteiger partial charge is 0.270 e. The largest absolute Gasteiger partial charge is 0.497 e. The molecular weight excluding hydrogens is 374 g/mol. The number of benzene rings is 1. The van der Waals surface area contributed by atoms with E-state index in [9.17, 15) is 9.59 Å². The highest BCUT2D eigenvalue weighted by Crippen LogP contribution is 2.27. The minimum atomic E-state index is -0.420. The Balaban J connectivity index is 1.72. The van der Waals surface area contributed by atoms with Crippen molar-refractivity contribution in [3.05, 3.63) is 64.3 Å². The minimum Gasteiger partial charge on any atom is -0.497 e. The van der Waals surface area contributed by atoms with Gasteiger partial charge >= 0.3 is 0 Å². The molecule has 8 nitrogen and oxygen atoms in total. The average molecular weight is 397 g/mol. The lowest BCUT2D eigenvalue weighted by Crippen LogP contribution is -2.34. The van der Waals surface area contributed by atoms with E-state index >= 15 is 0 Å². The topological polar surface area (TPSA) is 95.6 Å². The Morgan fingerprint density at radius 2 is 1.90 bits per heavy atom. The van der Waals surface area contributed by atoms with Crippen molar-refractivity contribution in [1.29, 1.82) is 0 Å². The van der Waals surface area contributed by atoms with E-state index in [1.54, 1.807) is 19.2 Å². The molecule has 152 valence electrons. The van der Waals surface area contributed by atoms with Crippen molar-refractivity contribution < 1.29 is 18.7 Å². The summed E-state index contributed by atoms with van der Waals surface area (Å²) < 4.78 is 17.0. The van der Waals surface area contributed by atoms with Crippen molar-refractivity contribution in [3.8, 4) is 22.8 Å². The number of aromatic nitrogens is 2. The lowest BCUT2D eigenvalue weighted by atomic mass is 10.1. The van der Waals surface area contributed by atoms with Crippen LogP contribution in [-0.4, -0.2) is 36.5 Å². The zero-order valence-electron chi connectivity index (χ0n) is 16.6. The van der Waals surface area contributed by atoms with Gasteiger partial charge in [0.1, 0.15) is 29.5 Å². The molecule has 0 radical (unpaired) electrons. The molecule has 0 unspecified atom stereocenters. The van der Waals surface area contributed by atoms with Gasteiger partial charge in [-0.05, 0) is 43.3 Å². The van der Waals surface area contributed by atoms with Gasteiger partial charge in [-0.25, -0.2) is 4.68 Å². The molecule has 0 aliphatic heterocycles. The van der Waals surface area contributed by atoms with E-state index in [0.29, 0.717) is 30.2 Å². The second-order valence-electron chi connectivity index (χ2n) is 6.40. The number of rotatable bonds is 8. The summed E-state index contributed by atoms with van der Waals surface area (Å²) in [5.41, 5.74) is 0.787. The summed E-state index contributed by atoms with van der Waals surface area (Å²) in [6, 6.07) is 12.3. The Morgan fingerprint density at radius 1 is 1.14 bits per heavy atom. The van der Waals surface area contributed by atoms with E-state index in [4.69, 9.17) is 13.9 Å². The number of nitrogens with zero attached hydrogens (tertiary/aromatic N) is 2. The van der Waals surface area contributed by atoms with Crippen molar-refractivity contribution in [1.82, 2.24) is 15.1 Å². The third kappa shape index (κ3) is 5.04. The van der Waals surface area contributed by atoms with Gasteiger partial charge in [-0.3, -0.25) is 9.59 Å².